The molecule has 1 aliphatic heterocycles. The zero-order valence-electron chi connectivity index (χ0n) is 20.5. The first-order valence-electron chi connectivity index (χ1n) is 11.6. The third-order valence-corrected chi connectivity index (χ3v) is 7.32. The van der Waals surface area contributed by atoms with Gasteiger partial charge in [-0.2, -0.15) is 5.10 Å². The molecule has 2 heterocycles. The molecule has 4 aromatic rings. The number of aryl methyl sites for hydroxylation is 1. The van der Waals surface area contributed by atoms with E-state index >= 15 is 0 Å². The molecule has 3 aromatic carbocycles. The number of carbonyl (C=O) groups is 1. The minimum atomic E-state index is -0.816. The predicted molar refractivity (Wildman–Crippen MR) is 145 cm³/mol. The number of phenolic OH excluding ortho intramolecular Hbond substituents is 1. The smallest absolute Gasteiger partial charge is 0.270 e. The van der Waals surface area contributed by atoms with E-state index in [1.54, 1.807) is 20.2 Å². The van der Waals surface area contributed by atoms with E-state index < -0.39 is 11.8 Å². The van der Waals surface area contributed by atoms with Crippen molar-refractivity contribution in [1.82, 2.24) is 14.8 Å². The standard InChI is InChI=1S/C28H25BrN4O4/c1-32-27(35)23(25(30-32)16-10-6-4-7-11-16)22(18-14-21(37-3)20(34)15-19(18)29)24-26(31-33(2)28(24)36)17-12-8-5-9-13-17/h4-15,22-23,31,34H,1-3H3. The van der Waals surface area contributed by atoms with E-state index in [-0.39, 0.29) is 23.0 Å². The summed E-state index contributed by atoms with van der Waals surface area (Å²) in [7, 11) is 4.72. The first kappa shape index (κ1) is 24.6. The molecule has 0 fully saturated rings. The van der Waals surface area contributed by atoms with Crippen molar-refractivity contribution < 1.29 is 14.6 Å². The van der Waals surface area contributed by atoms with Crippen LogP contribution in [0, 0.1) is 5.92 Å². The predicted octanol–water partition coefficient (Wildman–Crippen LogP) is 4.48. The zero-order valence-corrected chi connectivity index (χ0v) is 22.1. The number of hydrogen-bond donors (Lipinski definition) is 2. The number of amides is 1. The third-order valence-electron chi connectivity index (χ3n) is 6.63. The third kappa shape index (κ3) is 4.25. The number of ether oxygens (including phenoxy) is 1. The summed E-state index contributed by atoms with van der Waals surface area (Å²) in [5.41, 5.74) is 3.51. The van der Waals surface area contributed by atoms with Crippen molar-refractivity contribution in [2.45, 2.75) is 5.92 Å². The monoisotopic (exact) mass is 560 g/mol. The second-order valence-corrected chi connectivity index (χ2v) is 9.70. The molecule has 0 radical (unpaired) electrons. The highest BCUT2D eigenvalue weighted by molar-refractivity contribution is 9.10. The Bertz CT molecular complexity index is 1560. The fourth-order valence-electron chi connectivity index (χ4n) is 4.88. The van der Waals surface area contributed by atoms with E-state index in [1.807, 2.05) is 60.7 Å². The van der Waals surface area contributed by atoms with Gasteiger partial charge in [0.05, 0.1) is 30.0 Å². The largest absolute Gasteiger partial charge is 0.504 e. The van der Waals surface area contributed by atoms with Crippen LogP contribution in [0.1, 0.15) is 22.6 Å². The maximum atomic E-state index is 13.8. The number of benzene rings is 3. The molecule has 1 aliphatic rings. The van der Waals surface area contributed by atoms with Gasteiger partial charge in [0, 0.05) is 24.5 Å². The van der Waals surface area contributed by atoms with Crippen molar-refractivity contribution in [1.29, 1.82) is 0 Å². The summed E-state index contributed by atoms with van der Waals surface area (Å²) in [6.45, 7) is 0. The molecular weight excluding hydrogens is 536 g/mol. The number of aromatic nitrogens is 2. The number of hydrazone groups is 1. The van der Waals surface area contributed by atoms with Gasteiger partial charge in [-0.25, -0.2) is 5.01 Å². The number of methoxy groups -OCH3 is 1. The molecule has 0 spiro atoms. The van der Waals surface area contributed by atoms with Crippen LogP contribution in [0.25, 0.3) is 11.3 Å². The van der Waals surface area contributed by atoms with Gasteiger partial charge in [0.2, 0.25) is 0 Å². The van der Waals surface area contributed by atoms with Gasteiger partial charge >= 0.3 is 0 Å². The van der Waals surface area contributed by atoms with Gasteiger partial charge < -0.3 is 9.84 Å². The Hall–Kier alpha value is -4.11. The van der Waals surface area contributed by atoms with Gasteiger partial charge in [0.15, 0.2) is 11.5 Å². The van der Waals surface area contributed by atoms with Crippen LogP contribution < -0.4 is 10.3 Å². The molecule has 5 rings (SSSR count). The summed E-state index contributed by atoms with van der Waals surface area (Å²) in [5.74, 6) is -1.66. The minimum Gasteiger partial charge on any atom is -0.504 e. The molecule has 2 atom stereocenters. The number of nitrogens with one attached hydrogen (secondary N) is 1. The van der Waals surface area contributed by atoms with Crippen LogP contribution in [-0.2, 0) is 11.8 Å². The number of aromatic hydroxyl groups is 1. The lowest BCUT2D eigenvalue weighted by Crippen LogP contribution is -2.34. The van der Waals surface area contributed by atoms with E-state index in [0.29, 0.717) is 27.0 Å². The van der Waals surface area contributed by atoms with Crippen LogP contribution in [0.4, 0.5) is 0 Å². The minimum absolute atomic E-state index is 0.0612. The van der Waals surface area contributed by atoms with E-state index in [9.17, 15) is 14.7 Å². The Balaban J connectivity index is 1.84. The molecule has 1 amide bonds. The van der Waals surface area contributed by atoms with Crippen LogP contribution in [0.15, 0.2) is 87.2 Å². The number of hydrogen-bond acceptors (Lipinski definition) is 5. The molecule has 1 aromatic heterocycles. The van der Waals surface area contributed by atoms with Crippen molar-refractivity contribution in [2.24, 2.45) is 18.1 Å². The number of aromatic amines is 1. The SMILES string of the molecule is COc1cc(C(c2c(-c3ccccc3)[nH]n(C)c2=O)C2C(=O)N(C)N=C2c2ccccc2)c(Br)cc1O. The summed E-state index contributed by atoms with van der Waals surface area (Å²) in [4.78, 5) is 27.5. The summed E-state index contributed by atoms with van der Waals surface area (Å²) >= 11 is 3.58. The summed E-state index contributed by atoms with van der Waals surface area (Å²) < 4.78 is 7.36. The first-order chi connectivity index (χ1) is 17.8. The highest BCUT2D eigenvalue weighted by atomic mass is 79.9. The number of nitrogens with zero attached hydrogens (tertiary/aromatic N) is 3. The Morgan fingerprint density at radius 1 is 1.00 bits per heavy atom. The van der Waals surface area contributed by atoms with Crippen molar-refractivity contribution in [3.8, 4) is 22.8 Å². The molecule has 37 heavy (non-hydrogen) atoms. The lowest BCUT2D eigenvalue weighted by Gasteiger charge is -2.26. The molecule has 188 valence electrons. The van der Waals surface area contributed by atoms with Gasteiger partial charge in [-0.3, -0.25) is 19.4 Å². The molecular formula is C28H25BrN4O4. The van der Waals surface area contributed by atoms with Gasteiger partial charge in [-0.1, -0.05) is 76.6 Å². The van der Waals surface area contributed by atoms with Crippen LogP contribution in [0.2, 0.25) is 0 Å². The summed E-state index contributed by atoms with van der Waals surface area (Å²) in [6.07, 6.45) is 0. The highest BCUT2D eigenvalue weighted by Crippen LogP contribution is 2.45. The Morgan fingerprint density at radius 3 is 2.24 bits per heavy atom. The molecule has 0 bridgehead atoms. The Morgan fingerprint density at radius 2 is 1.62 bits per heavy atom. The maximum absolute atomic E-state index is 13.8. The van der Waals surface area contributed by atoms with E-state index in [2.05, 4.69) is 26.1 Å². The van der Waals surface area contributed by atoms with Gasteiger partial charge in [-0.15, -0.1) is 0 Å². The van der Waals surface area contributed by atoms with Crippen molar-refractivity contribution in [2.75, 3.05) is 14.2 Å². The maximum Gasteiger partial charge on any atom is 0.270 e. The fourth-order valence-corrected chi connectivity index (χ4v) is 5.46. The van der Waals surface area contributed by atoms with Gasteiger partial charge in [0.1, 0.15) is 0 Å². The Labute approximate surface area is 221 Å². The topological polar surface area (TPSA) is 99.9 Å². The normalized spacial score (nSPS) is 16.1. The molecule has 0 saturated carbocycles. The van der Waals surface area contributed by atoms with E-state index in [0.717, 1.165) is 11.1 Å². The molecule has 0 saturated heterocycles. The fraction of sp³-hybridized carbons (Fsp3) is 0.179. The van der Waals surface area contributed by atoms with Crippen LogP contribution >= 0.6 is 15.9 Å². The average molecular weight is 561 g/mol. The van der Waals surface area contributed by atoms with Crippen molar-refractivity contribution >= 4 is 27.5 Å². The molecule has 0 aliphatic carbocycles. The Kier molecular flexibility index (Phi) is 6.47. The van der Waals surface area contributed by atoms with Gasteiger partial charge in [0.25, 0.3) is 11.5 Å². The molecule has 9 heteroatoms. The van der Waals surface area contributed by atoms with Crippen LogP contribution in [0.3, 0.4) is 0 Å². The van der Waals surface area contributed by atoms with Crippen LogP contribution in [0.5, 0.6) is 11.5 Å². The highest BCUT2D eigenvalue weighted by Gasteiger charge is 2.45. The second-order valence-electron chi connectivity index (χ2n) is 8.84. The lowest BCUT2D eigenvalue weighted by atomic mass is 9.76. The molecule has 2 N–H and O–H groups in total. The van der Waals surface area contributed by atoms with Crippen LogP contribution in [-0.4, -0.2) is 45.7 Å². The summed E-state index contributed by atoms with van der Waals surface area (Å²) in [5, 5.41) is 19.5. The van der Waals surface area contributed by atoms with E-state index in [1.165, 1.54) is 22.9 Å². The van der Waals surface area contributed by atoms with E-state index in [4.69, 9.17) is 4.74 Å². The van der Waals surface area contributed by atoms with Crippen molar-refractivity contribution in [3.05, 3.63) is 104 Å². The van der Waals surface area contributed by atoms with Crippen molar-refractivity contribution in [3.63, 3.8) is 0 Å². The number of rotatable bonds is 6. The average Bonchev–Trinajstić information content (AvgIpc) is 3.37. The molecule has 2 unspecified atom stereocenters. The number of halogens is 1. The number of phenols is 1. The van der Waals surface area contributed by atoms with Gasteiger partial charge in [-0.05, 0) is 28.8 Å². The molecule has 8 nitrogen and oxygen atoms in total. The number of carbonyl (C=O) groups excluding carboxylic acids is 1. The summed E-state index contributed by atoms with van der Waals surface area (Å²) in [6, 6.07) is 22.2. The first-order valence-corrected chi connectivity index (χ1v) is 12.4. The number of H-pyrrole nitrogens is 1. The lowest BCUT2D eigenvalue weighted by molar-refractivity contribution is -0.130. The zero-order chi connectivity index (χ0) is 26.3. The quantitative estimate of drug-likeness (QED) is 0.363. The second kappa shape index (κ2) is 9.74.